The van der Waals surface area contributed by atoms with Crippen molar-refractivity contribution >= 4 is 11.6 Å². The summed E-state index contributed by atoms with van der Waals surface area (Å²) in [6.07, 6.45) is 1.08. The van der Waals surface area contributed by atoms with Crippen molar-refractivity contribution in [2.24, 2.45) is 0 Å². The minimum absolute atomic E-state index is 0.0677. The molecule has 0 saturated carbocycles. The van der Waals surface area contributed by atoms with E-state index in [9.17, 15) is 4.39 Å². The topological polar surface area (TPSA) is 55.0 Å². The highest BCUT2D eigenvalue weighted by molar-refractivity contribution is 5.63. The molecule has 2 aromatic rings. The molecule has 0 amide bonds. The molecule has 0 atom stereocenters. The Morgan fingerprint density at radius 1 is 1.18 bits per heavy atom. The zero-order valence-electron chi connectivity index (χ0n) is 9.68. The molecule has 2 N–H and O–H groups in total. The van der Waals surface area contributed by atoms with E-state index in [1.165, 1.54) is 0 Å². The molecule has 0 radical (unpaired) electrons. The van der Waals surface area contributed by atoms with Crippen LogP contribution in [-0.2, 0) is 0 Å². The van der Waals surface area contributed by atoms with Crippen molar-refractivity contribution in [3.63, 3.8) is 0 Å². The molecule has 0 fully saturated rings. The molecule has 1 aromatic heterocycles. The van der Waals surface area contributed by atoms with E-state index in [-0.39, 0.29) is 11.6 Å². The summed E-state index contributed by atoms with van der Waals surface area (Å²) < 4.78 is 13.5. The van der Waals surface area contributed by atoms with E-state index in [1.807, 2.05) is 31.1 Å². The standard InChI is InChI=1S/C12H13FN4/c1-17(2)9-5-3-8(4-6-9)11-10(13)7-15-12(14)16-11/h3-7H,1-2H3,(H2,14,15,16). The lowest BCUT2D eigenvalue weighted by molar-refractivity contribution is 0.619. The first kappa shape index (κ1) is 11.3. The van der Waals surface area contributed by atoms with Crippen molar-refractivity contribution in [2.45, 2.75) is 0 Å². The Bertz CT molecular complexity index is 523. The van der Waals surface area contributed by atoms with Crippen molar-refractivity contribution < 1.29 is 4.39 Å². The minimum atomic E-state index is -0.475. The van der Waals surface area contributed by atoms with E-state index in [0.717, 1.165) is 11.9 Å². The molecule has 0 spiro atoms. The molecule has 0 aliphatic rings. The summed E-state index contributed by atoms with van der Waals surface area (Å²) >= 11 is 0. The summed E-state index contributed by atoms with van der Waals surface area (Å²) in [7, 11) is 3.89. The third-order valence-electron chi connectivity index (χ3n) is 2.42. The Balaban J connectivity index is 2.43. The summed E-state index contributed by atoms with van der Waals surface area (Å²) in [6.45, 7) is 0. The number of nitrogen functional groups attached to an aromatic ring is 1. The van der Waals surface area contributed by atoms with E-state index >= 15 is 0 Å². The molecule has 2 rings (SSSR count). The highest BCUT2D eigenvalue weighted by Crippen LogP contribution is 2.23. The lowest BCUT2D eigenvalue weighted by Crippen LogP contribution is -2.08. The number of nitrogens with two attached hydrogens (primary N) is 1. The Hall–Kier alpha value is -2.17. The molecule has 4 nitrogen and oxygen atoms in total. The lowest BCUT2D eigenvalue weighted by atomic mass is 10.1. The third-order valence-corrected chi connectivity index (χ3v) is 2.42. The second-order valence-corrected chi connectivity index (χ2v) is 3.87. The number of rotatable bonds is 2. The van der Waals surface area contributed by atoms with E-state index < -0.39 is 5.82 Å². The molecule has 17 heavy (non-hydrogen) atoms. The lowest BCUT2D eigenvalue weighted by Gasteiger charge is -2.12. The second-order valence-electron chi connectivity index (χ2n) is 3.87. The number of hydrogen-bond donors (Lipinski definition) is 1. The smallest absolute Gasteiger partial charge is 0.220 e. The largest absolute Gasteiger partial charge is 0.378 e. The molecule has 0 aliphatic heterocycles. The van der Waals surface area contributed by atoms with Crippen LogP contribution in [0.25, 0.3) is 11.3 Å². The van der Waals surface area contributed by atoms with Crippen LogP contribution in [0.15, 0.2) is 30.5 Å². The predicted octanol–water partition coefficient (Wildman–Crippen LogP) is 1.93. The van der Waals surface area contributed by atoms with Gasteiger partial charge < -0.3 is 10.6 Å². The van der Waals surface area contributed by atoms with Crippen LogP contribution >= 0.6 is 0 Å². The zero-order valence-corrected chi connectivity index (χ0v) is 9.68. The van der Waals surface area contributed by atoms with Crippen molar-refractivity contribution in [1.29, 1.82) is 0 Å². The number of aromatic nitrogens is 2. The van der Waals surface area contributed by atoms with Gasteiger partial charge in [0.25, 0.3) is 0 Å². The SMILES string of the molecule is CN(C)c1ccc(-c2nc(N)ncc2F)cc1. The molecule has 88 valence electrons. The minimum Gasteiger partial charge on any atom is -0.378 e. The van der Waals surface area contributed by atoms with Gasteiger partial charge in [0.05, 0.1) is 6.20 Å². The number of anilines is 2. The van der Waals surface area contributed by atoms with Gasteiger partial charge in [0.1, 0.15) is 5.69 Å². The average Bonchev–Trinajstić information content (AvgIpc) is 2.32. The van der Waals surface area contributed by atoms with Gasteiger partial charge in [-0.25, -0.2) is 14.4 Å². The first-order chi connectivity index (χ1) is 8.08. The van der Waals surface area contributed by atoms with Crippen LogP contribution < -0.4 is 10.6 Å². The Labute approximate surface area is 98.9 Å². The summed E-state index contributed by atoms with van der Waals surface area (Å²) in [5.74, 6) is -0.408. The van der Waals surface area contributed by atoms with Gasteiger partial charge in [-0.15, -0.1) is 0 Å². The highest BCUT2D eigenvalue weighted by atomic mass is 19.1. The van der Waals surface area contributed by atoms with Gasteiger partial charge in [-0.2, -0.15) is 0 Å². The van der Waals surface area contributed by atoms with Crippen LogP contribution in [0.5, 0.6) is 0 Å². The van der Waals surface area contributed by atoms with Crippen LogP contribution in [0.4, 0.5) is 16.0 Å². The van der Waals surface area contributed by atoms with Crippen LogP contribution in [0.3, 0.4) is 0 Å². The van der Waals surface area contributed by atoms with Gasteiger partial charge >= 0.3 is 0 Å². The van der Waals surface area contributed by atoms with Crippen molar-refractivity contribution in [1.82, 2.24) is 9.97 Å². The molecular weight excluding hydrogens is 219 g/mol. The first-order valence-corrected chi connectivity index (χ1v) is 5.13. The van der Waals surface area contributed by atoms with Crippen molar-refractivity contribution in [2.75, 3.05) is 24.7 Å². The van der Waals surface area contributed by atoms with E-state index in [0.29, 0.717) is 5.56 Å². The average molecular weight is 232 g/mol. The van der Waals surface area contributed by atoms with Gasteiger partial charge in [0, 0.05) is 25.3 Å². The van der Waals surface area contributed by atoms with Crippen molar-refractivity contribution in [3.05, 3.63) is 36.3 Å². The molecule has 1 heterocycles. The second kappa shape index (κ2) is 4.37. The Morgan fingerprint density at radius 2 is 1.82 bits per heavy atom. The quantitative estimate of drug-likeness (QED) is 0.859. The Kier molecular flexibility index (Phi) is 2.91. The molecule has 1 aromatic carbocycles. The molecule has 0 bridgehead atoms. The monoisotopic (exact) mass is 232 g/mol. The van der Waals surface area contributed by atoms with Crippen LogP contribution in [0.2, 0.25) is 0 Å². The molecule has 5 heteroatoms. The summed E-state index contributed by atoms with van der Waals surface area (Å²) in [4.78, 5) is 9.46. The maximum absolute atomic E-state index is 13.5. The normalized spacial score (nSPS) is 10.3. The Morgan fingerprint density at radius 3 is 2.41 bits per heavy atom. The maximum atomic E-state index is 13.5. The fraction of sp³-hybridized carbons (Fsp3) is 0.167. The fourth-order valence-corrected chi connectivity index (χ4v) is 1.50. The van der Waals surface area contributed by atoms with Gasteiger partial charge in [-0.05, 0) is 12.1 Å². The number of hydrogen-bond acceptors (Lipinski definition) is 4. The third kappa shape index (κ3) is 2.33. The predicted molar refractivity (Wildman–Crippen MR) is 66.2 cm³/mol. The summed E-state index contributed by atoms with van der Waals surface area (Å²) in [5.41, 5.74) is 7.39. The maximum Gasteiger partial charge on any atom is 0.220 e. The van der Waals surface area contributed by atoms with Gasteiger partial charge in [-0.3, -0.25) is 0 Å². The van der Waals surface area contributed by atoms with Gasteiger partial charge in [-0.1, -0.05) is 12.1 Å². The van der Waals surface area contributed by atoms with E-state index in [1.54, 1.807) is 12.1 Å². The number of benzene rings is 1. The molecule has 0 aliphatic carbocycles. The van der Waals surface area contributed by atoms with Crippen molar-refractivity contribution in [3.8, 4) is 11.3 Å². The van der Waals surface area contributed by atoms with E-state index in [2.05, 4.69) is 9.97 Å². The summed E-state index contributed by atoms with van der Waals surface area (Å²) in [5, 5.41) is 0. The van der Waals surface area contributed by atoms with E-state index in [4.69, 9.17) is 5.73 Å². The van der Waals surface area contributed by atoms with Gasteiger partial charge in [0.15, 0.2) is 5.82 Å². The number of nitrogens with zero attached hydrogens (tertiary/aromatic N) is 3. The first-order valence-electron chi connectivity index (χ1n) is 5.13. The van der Waals surface area contributed by atoms with Gasteiger partial charge in [0.2, 0.25) is 5.95 Å². The zero-order chi connectivity index (χ0) is 12.4. The van der Waals surface area contributed by atoms with Crippen LogP contribution in [0.1, 0.15) is 0 Å². The fourth-order valence-electron chi connectivity index (χ4n) is 1.50. The molecule has 0 unspecified atom stereocenters. The number of halogens is 1. The molecule has 0 saturated heterocycles. The summed E-state index contributed by atoms with van der Waals surface area (Å²) in [6, 6.07) is 7.40. The molecular formula is C12H13FN4. The van der Waals surface area contributed by atoms with Crippen LogP contribution in [-0.4, -0.2) is 24.1 Å². The van der Waals surface area contributed by atoms with Crippen LogP contribution in [0, 0.1) is 5.82 Å². The highest BCUT2D eigenvalue weighted by Gasteiger charge is 2.08.